The third kappa shape index (κ3) is 10.5. The number of halogens is 1. The summed E-state index contributed by atoms with van der Waals surface area (Å²) < 4.78 is 11.1. The number of hydrogen-bond donors (Lipinski definition) is 0. The van der Waals surface area contributed by atoms with Crippen molar-refractivity contribution in [2.45, 2.75) is 45.4 Å². The molecule has 0 saturated heterocycles. The highest BCUT2D eigenvalue weighted by molar-refractivity contribution is 6.30. The average Bonchev–Trinajstić information content (AvgIpc) is 2.92. The molecular formula is C32H33ClO4. The summed E-state index contributed by atoms with van der Waals surface area (Å²) >= 11 is 5.88. The van der Waals surface area contributed by atoms with E-state index in [9.17, 15) is 9.59 Å². The minimum absolute atomic E-state index is 0.146. The molecule has 0 aliphatic rings. The third-order valence-electron chi connectivity index (χ3n) is 5.71. The quantitative estimate of drug-likeness (QED) is 0.0707. The van der Waals surface area contributed by atoms with Gasteiger partial charge in [0.25, 0.3) is 0 Å². The number of unbranched alkanes of at least 4 members (excludes halogenated alkanes) is 5. The molecule has 0 bridgehead atoms. The van der Waals surface area contributed by atoms with E-state index in [0.717, 1.165) is 29.9 Å². The molecule has 192 valence electrons. The number of ether oxygens (including phenoxy) is 2. The van der Waals surface area contributed by atoms with E-state index in [1.165, 1.54) is 44.3 Å². The summed E-state index contributed by atoms with van der Waals surface area (Å²) in [6, 6.07) is 21.3. The van der Waals surface area contributed by atoms with E-state index >= 15 is 0 Å². The Morgan fingerprint density at radius 3 is 1.95 bits per heavy atom. The van der Waals surface area contributed by atoms with Gasteiger partial charge in [0, 0.05) is 16.7 Å². The van der Waals surface area contributed by atoms with Crippen LogP contribution in [0.2, 0.25) is 5.02 Å². The van der Waals surface area contributed by atoms with Gasteiger partial charge in [-0.2, -0.15) is 0 Å². The summed E-state index contributed by atoms with van der Waals surface area (Å²) in [4.78, 5) is 24.6. The first-order valence-corrected chi connectivity index (χ1v) is 13.1. The van der Waals surface area contributed by atoms with Crippen molar-refractivity contribution in [3.05, 3.63) is 107 Å². The number of esters is 1. The molecule has 0 unspecified atom stereocenters. The summed E-state index contributed by atoms with van der Waals surface area (Å²) in [7, 11) is 0. The van der Waals surface area contributed by atoms with Crippen LogP contribution in [0.1, 0.15) is 66.9 Å². The molecule has 0 amide bonds. The summed E-state index contributed by atoms with van der Waals surface area (Å²) in [5, 5.41) is 0.644. The smallest absolute Gasteiger partial charge is 0.336 e. The number of benzene rings is 3. The van der Waals surface area contributed by atoms with E-state index in [-0.39, 0.29) is 5.78 Å². The standard InChI is InChI=1S/C32H33ClO4/c1-2-3-4-5-6-7-24-36-29-18-10-26(11-19-29)13-23-32(35)37-30-20-14-27(15-21-30)31(34)22-12-25-8-16-28(33)17-9-25/h8-23H,2-7,24H2,1H3/b22-12+,23-13+. The van der Waals surface area contributed by atoms with Gasteiger partial charge >= 0.3 is 5.97 Å². The van der Waals surface area contributed by atoms with Crippen molar-refractivity contribution >= 4 is 35.5 Å². The van der Waals surface area contributed by atoms with Crippen LogP contribution in [0.3, 0.4) is 0 Å². The van der Waals surface area contributed by atoms with Crippen LogP contribution >= 0.6 is 11.6 Å². The summed E-state index contributed by atoms with van der Waals surface area (Å²) in [6.07, 6.45) is 13.7. The molecular weight excluding hydrogens is 484 g/mol. The van der Waals surface area contributed by atoms with Gasteiger partial charge in [-0.3, -0.25) is 4.79 Å². The maximum absolute atomic E-state index is 12.4. The Kier molecular flexibility index (Phi) is 11.7. The lowest BCUT2D eigenvalue weighted by atomic mass is 10.1. The van der Waals surface area contributed by atoms with E-state index in [0.29, 0.717) is 16.3 Å². The maximum atomic E-state index is 12.4. The molecule has 3 aromatic carbocycles. The highest BCUT2D eigenvalue weighted by Gasteiger charge is 2.05. The van der Waals surface area contributed by atoms with Crippen LogP contribution in [0.25, 0.3) is 12.2 Å². The zero-order valence-corrected chi connectivity index (χ0v) is 22.0. The van der Waals surface area contributed by atoms with Crippen molar-refractivity contribution in [2.24, 2.45) is 0 Å². The van der Waals surface area contributed by atoms with E-state index in [1.54, 1.807) is 48.6 Å². The maximum Gasteiger partial charge on any atom is 0.336 e. The third-order valence-corrected chi connectivity index (χ3v) is 5.97. The average molecular weight is 517 g/mol. The fraction of sp³-hybridized carbons (Fsp3) is 0.250. The molecule has 0 aromatic heterocycles. The van der Waals surface area contributed by atoms with Gasteiger partial charge in [0.2, 0.25) is 0 Å². The monoisotopic (exact) mass is 516 g/mol. The molecule has 0 spiro atoms. The number of ketones is 1. The Balaban J connectivity index is 1.41. The number of carbonyl (C=O) groups is 2. The molecule has 0 atom stereocenters. The van der Waals surface area contributed by atoms with Crippen molar-refractivity contribution in [1.82, 2.24) is 0 Å². The van der Waals surface area contributed by atoms with Crippen molar-refractivity contribution in [3.8, 4) is 11.5 Å². The molecule has 0 aliphatic carbocycles. The van der Waals surface area contributed by atoms with Gasteiger partial charge in [-0.25, -0.2) is 4.79 Å². The summed E-state index contributed by atoms with van der Waals surface area (Å²) in [5.41, 5.74) is 2.25. The number of hydrogen-bond acceptors (Lipinski definition) is 4. The van der Waals surface area contributed by atoms with Crippen molar-refractivity contribution in [2.75, 3.05) is 6.61 Å². The Labute approximate surface area is 224 Å². The first kappa shape index (κ1) is 27.9. The van der Waals surface area contributed by atoms with E-state index in [2.05, 4.69) is 6.92 Å². The van der Waals surface area contributed by atoms with E-state index in [1.807, 2.05) is 36.4 Å². The largest absolute Gasteiger partial charge is 0.494 e. The lowest BCUT2D eigenvalue weighted by Gasteiger charge is -2.06. The molecule has 37 heavy (non-hydrogen) atoms. The van der Waals surface area contributed by atoms with Gasteiger partial charge in [-0.05, 0) is 78.2 Å². The van der Waals surface area contributed by atoms with Crippen LogP contribution in [0.5, 0.6) is 11.5 Å². The highest BCUT2D eigenvalue weighted by atomic mass is 35.5. The predicted molar refractivity (Wildman–Crippen MR) is 151 cm³/mol. The van der Waals surface area contributed by atoms with Gasteiger partial charge in [0.1, 0.15) is 11.5 Å². The molecule has 0 aliphatic heterocycles. The molecule has 4 nitrogen and oxygen atoms in total. The Morgan fingerprint density at radius 2 is 1.27 bits per heavy atom. The van der Waals surface area contributed by atoms with Gasteiger partial charge < -0.3 is 9.47 Å². The van der Waals surface area contributed by atoms with Crippen molar-refractivity contribution in [1.29, 1.82) is 0 Å². The molecule has 0 N–H and O–H groups in total. The van der Waals surface area contributed by atoms with Crippen molar-refractivity contribution < 1.29 is 19.1 Å². The topological polar surface area (TPSA) is 52.6 Å². The fourth-order valence-electron chi connectivity index (χ4n) is 3.59. The summed E-state index contributed by atoms with van der Waals surface area (Å²) in [5.74, 6) is 0.550. The lowest BCUT2D eigenvalue weighted by molar-refractivity contribution is -0.128. The molecule has 0 radical (unpaired) electrons. The molecule has 0 heterocycles. The minimum atomic E-state index is -0.495. The van der Waals surface area contributed by atoms with Crippen LogP contribution in [0.4, 0.5) is 0 Å². The van der Waals surface area contributed by atoms with Gasteiger partial charge in [0.05, 0.1) is 6.61 Å². The first-order chi connectivity index (χ1) is 18.0. The van der Waals surface area contributed by atoms with E-state index < -0.39 is 5.97 Å². The molecule has 0 saturated carbocycles. The molecule has 0 fully saturated rings. The summed E-state index contributed by atoms with van der Waals surface area (Å²) in [6.45, 7) is 2.94. The number of rotatable bonds is 14. The molecule has 3 rings (SSSR count). The second-order valence-electron chi connectivity index (χ2n) is 8.71. The van der Waals surface area contributed by atoms with Crippen LogP contribution in [0.15, 0.2) is 84.9 Å². The Bertz CT molecular complexity index is 1180. The molecule has 5 heteroatoms. The second kappa shape index (κ2) is 15.5. The fourth-order valence-corrected chi connectivity index (χ4v) is 3.72. The van der Waals surface area contributed by atoms with Gasteiger partial charge in [-0.15, -0.1) is 0 Å². The van der Waals surface area contributed by atoms with Gasteiger partial charge in [-0.1, -0.05) is 81.0 Å². The first-order valence-electron chi connectivity index (χ1n) is 12.7. The van der Waals surface area contributed by atoms with Crippen molar-refractivity contribution in [3.63, 3.8) is 0 Å². The van der Waals surface area contributed by atoms with Gasteiger partial charge in [0.15, 0.2) is 5.78 Å². The van der Waals surface area contributed by atoms with E-state index in [4.69, 9.17) is 21.1 Å². The zero-order chi connectivity index (χ0) is 26.3. The van der Waals surface area contributed by atoms with Crippen LogP contribution < -0.4 is 9.47 Å². The molecule has 3 aromatic rings. The SMILES string of the molecule is CCCCCCCCOc1ccc(/C=C/C(=O)Oc2ccc(C(=O)/C=C/c3ccc(Cl)cc3)cc2)cc1. The number of carbonyl (C=O) groups excluding carboxylic acids is 2. The predicted octanol–water partition coefficient (Wildman–Crippen LogP) is 8.59. The Hall–Kier alpha value is -3.63. The Morgan fingerprint density at radius 1 is 0.703 bits per heavy atom. The minimum Gasteiger partial charge on any atom is -0.494 e. The zero-order valence-electron chi connectivity index (χ0n) is 21.2. The number of allylic oxidation sites excluding steroid dienone is 1. The highest BCUT2D eigenvalue weighted by Crippen LogP contribution is 2.17. The van der Waals surface area contributed by atoms with Crippen LogP contribution in [0, 0.1) is 0 Å². The normalized spacial score (nSPS) is 11.2. The van der Waals surface area contributed by atoms with Crippen LogP contribution in [-0.2, 0) is 4.79 Å². The lowest BCUT2D eigenvalue weighted by Crippen LogP contribution is -2.04. The second-order valence-corrected chi connectivity index (χ2v) is 9.15. The van der Waals surface area contributed by atoms with Crippen LogP contribution in [-0.4, -0.2) is 18.4 Å².